The number of benzene rings is 2. The first kappa shape index (κ1) is 16.2. The van der Waals surface area contributed by atoms with Gasteiger partial charge in [-0.2, -0.15) is 0 Å². The molecule has 1 fully saturated rings. The highest BCUT2D eigenvalue weighted by atomic mass is 16.5. The number of aromatic amines is 1. The Morgan fingerprint density at radius 1 is 0.960 bits per heavy atom. The highest BCUT2D eigenvalue weighted by molar-refractivity contribution is 6.08. The van der Waals surface area contributed by atoms with Crippen molar-refractivity contribution in [1.29, 1.82) is 0 Å². The van der Waals surface area contributed by atoms with E-state index in [1.165, 1.54) is 32.4 Å². The van der Waals surface area contributed by atoms with Gasteiger partial charge in [0, 0.05) is 22.7 Å². The van der Waals surface area contributed by atoms with Gasteiger partial charge < -0.3 is 14.6 Å². The largest absolute Gasteiger partial charge is 0.493 e. The Hall–Kier alpha value is -2.33. The summed E-state index contributed by atoms with van der Waals surface area (Å²) in [5, 5.41) is 2.66. The lowest BCUT2D eigenvalue weighted by Gasteiger charge is -2.26. The fourth-order valence-electron chi connectivity index (χ4n) is 3.78. The lowest BCUT2D eigenvalue weighted by Crippen LogP contribution is -2.31. The molecule has 4 heteroatoms. The quantitative estimate of drug-likeness (QED) is 0.567. The molecule has 0 saturated carbocycles. The van der Waals surface area contributed by atoms with Crippen LogP contribution in [-0.2, 0) is 0 Å². The number of ether oxygens (including phenoxy) is 1. The monoisotopic (exact) mass is 336 g/mol. The van der Waals surface area contributed by atoms with Gasteiger partial charge in [-0.25, -0.2) is 0 Å². The van der Waals surface area contributed by atoms with Gasteiger partial charge in [0.2, 0.25) is 0 Å². The van der Waals surface area contributed by atoms with Gasteiger partial charge in [0.25, 0.3) is 5.56 Å². The number of rotatable bonds is 5. The minimum atomic E-state index is -0.0506. The zero-order valence-corrected chi connectivity index (χ0v) is 14.5. The average Bonchev–Trinajstić information content (AvgIpc) is 2.66. The molecule has 2 aromatic carbocycles. The Labute approximate surface area is 147 Å². The van der Waals surface area contributed by atoms with E-state index in [0.717, 1.165) is 35.0 Å². The molecule has 2 heterocycles. The van der Waals surface area contributed by atoms with Crippen molar-refractivity contribution < 1.29 is 4.74 Å². The third-order valence-corrected chi connectivity index (χ3v) is 5.04. The Morgan fingerprint density at radius 3 is 2.60 bits per heavy atom. The van der Waals surface area contributed by atoms with Crippen LogP contribution in [0.15, 0.2) is 47.3 Å². The first-order valence-corrected chi connectivity index (χ1v) is 9.22. The van der Waals surface area contributed by atoms with E-state index in [1.54, 1.807) is 0 Å². The van der Waals surface area contributed by atoms with Gasteiger partial charge in [-0.05, 0) is 50.6 Å². The smallest absolute Gasteiger partial charge is 0.256 e. The summed E-state index contributed by atoms with van der Waals surface area (Å²) in [6.07, 6.45) is 5.04. The third-order valence-electron chi connectivity index (χ3n) is 5.04. The molecule has 130 valence electrons. The van der Waals surface area contributed by atoms with E-state index in [4.69, 9.17) is 4.74 Å². The Morgan fingerprint density at radius 2 is 1.76 bits per heavy atom. The lowest BCUT2D eigenvalue weighted by atomic mass is 10.1. The second-order valence-corrected chi connectivity index (χ2v) is 6.78. The number of nitrogens with zero attached hydrogens (tertiary/aromatic N) is 1. The molecule has 4 rings (SSSR count). The molecule has 0 amide bonds. The van der Waals surface area contributed by atoms with Gasteiger partial charge in [0.15, 0.2) is 0 Å². The van der Waals surface area contributed by atoms with E-state index in [0.29, 0.717) is 12.0 Å². The summed E-state index contributed by atoms with van der Waals surface area (Å²) in [4.78, 5) is 17.7. The summed E-state index contributed by atoms with van der Waals surface area (Å²) in [7, 11) is 0. The van der Waals surface area contributed by atoms with Crippen molar-refractivity contribution in [2.45, 2.75) is 25.7 Å². The third kappa shape index (κ3) is 3.40. The summed E-state index contributed by atoms with van der Waals surface area (Å²) >= 11 is 0. The van der Waals surface area contributed by atoms with Crippen molar-refractivity contribution >= 4 is 21.7 Å². The normalized spacial score (nSPS) is 15.7. The number of likely N-dealkylation sites (tertiary alicyclic amines) is 1. The maximum atomic E-state index is 12.2. The van der Waals surface area contributed by atoms with Crippen molar-refractivity contribution in [2.75, 3.05) is 26.2 Å². The van der Waals surface area contributed by atoms with Crippen molar-refractivity contribution in [3.63, 3.8) is 0 Å². The Bertz CT molecular complexity index is 926. The predicted octanol–water partition coefficient (Wildman–Crippen LogP) is 3.94. The van der Waals surface area contributed by atoms with Crippen LogP contribution in [0, 0.1) is 0 Å². The van der Waals surface area contributed by atoms with Crippen LogP contribution in [-0.4, -0.2) is 36.1 Å². The molecule has 0 atom stereocenters. The second kappa shape index (κ2) is 7.28. The number of piperidine rings is 1. The molecular formula is C21H24N2O2. The summed E-state index contributed by atoms with van der Waals surface area (Å²) in [6.45, 7) is 4.24. The average molecular weight is 336 g/mol. The fourth-order valence-corrected chi connectivity index (χ4v) is 3.78. The van der Waals surface area contributed by atoms with Crippen LogP contribution in [0.4, 0.5) is 0 Å². The number of aromatic nitrogens is 1. The molecule has 0 aliphatic carbocycles. The fraction of sp³-hybridized carbons (Fsp3) is 0.381. The summed E-state index contributed by atoms with van der Waals surface area (Å²) in [5.74, 6) is 0.851. The molecular weight excluding hydrogens is 312 g/mol. The molecule has 0 bridgehead atoms. The molecule has 0 unspecified atom stereocenters. The minimum Gasteiger partial charge on any atom is -0.493 e. The van der Waals surface area contributed by atoms with E-state index in [2.05, 4.69) is 9.88 Å². The van der Waals surface area contributed by atoms with Gasteiger partial charge >= 0.3 is 0 Å². The zero-order chi connectivity index (χ0) is 17.1. The SMILES string of the molecule is O=c1[nH]c2cccc(OCCCN3CCCCC3)c2c2ccccc12. The summed E-state index contributed by atoms with van der Waals surface area (Å²) in [6, 6.07) is 13.6. The van der Waals surface area contributed by atoms with Crippen LogP contribution < -0.4 is 10.3 Å². The zero-order valence-electron chi connectivity index (χ0n) is 14.5. The summed E-state index contributed by atoms with van der Waals surface area (Å²) < 4.78 is 6.11. The molecule has 1 aliphatic heterocycles. The molecule has 4 nitrogen and oxygen atoms in total. The number of H-pyrrole nitrogens is 1. The van der Waals surface area contributed by atoms with E-state index < -0.39 is 0 Å². The second-order valence-electron chi connectivity index (χ2n) is 6.78. The maximum absolute atomic E-state index is 12.2. The first-order valence-electron chi connectivity index (χ1n) is 9.22. The highest BCUT2D eigenvalue weighted by Gasteiger charge is 2.11. The molecule has 0 radical (unpaired) electrons. The number of hydrogen-bond donors (Lipinski definition) is 1. The number of nitrogens with one attached hydrogen (secondary N) is 1. The predicted molar refractivity (Wildman–Crippen MR) is 102 cm³/mol. The number of fused-ring (bicyclic) bond motifs is 3. The van der Waals surface area contributed by atoms with Crippen molar-refractivity contribution in [1.82, 2.24) is 9.88 Å². The molecule has 3 aromatic rings. The minimum absolute atomic E-state index is 0.0506. The van der Waals surface area contributed by atoms with Crippen LogP contribution in [0.2, 0.25) is 0 Å². The van der Waals surface area contributed by atoms with Gasteiger partial charge in [0.1, 0.15) is 5.75 Å². The number of hydrogen-bond acceptors (Lipinski definition) is 3. The van der Waals surface area contributed by atoms with Crippen LogP contribution >= 0.6 is 0 Å². The van der Waals surface area contributed by atoms with Crippen molar-refractivity contribution in [2.24, 2.45) is 0 Å². The van der Waals surface area contributed by atoms with Crippen LogP contribution in [0.3, 0.4) is 0 Å². The Kier molecular flexibility index (Phi) is 4.70. The molecule has 0 spiro atoms. The lowest BCUT2D eigenvalue weighted by molar-refractivity contribution is 0.205. The standard InChI is InChI=1S/C21H24N2O2/c24-21-17-9-3-2-8-16(17)20-18(22-21)10-6-11-19(20)25-15-7-14-23-12-4-1-5-13-23/h2-3,6,8-11H,1,4-5,7,12-15H2,(H,22,24). The number of pyridine rings is 1. The van der Waals surface area contributed by atoms with E-state index >= 15 is 0 Å². The molecule has 1 aromatic heterocycles. The van der Waals surface area contributed by atoms with Crippen LogP contribution in [0.5, 0.6) is 5.75 Å². The molecule has 25 heavy (non-hydrogen) atoms. The van der Waals surface area contributed by atoms with Crippen molar-refractivity contribution in [3.8, 4) is 5.75 Å². The van der Waals surface area contributed by atoms with Gasteiger partial charge in [0.05, 0.1) is 12.1 Å². The Balaban J connectivity index is 1.55. The van der Waals surface area contributed by atoms with Crippen LogP contribution in [0.25, 0.3) is 21.7 Å². The van der Waals surface area contributed by atoms with Crippen LogP contribution in [0.1, 0.15) is 25.7 Å². The van der Waals surface area contributed by atoms with Gasteiger partial charge in [-0.3, -0.25) is 4.79 Å². The van der Waals surface area contributed by atoms with E-state index in [9.17, 15) is 4.79 Å². The topological polar surface area (TPSA) is 45.3 Å². The molecule has 1 saturated heterocycles. The van der Waals surface area contributed by atoms with Gasteiger partial charge in [-0.1, -0.05) is 30.7 Å². The van der Waals surface area contributed by atoms with E-state index in [1.807, 2.05) is 42.5 Å². The van der Waals surface area contributed by atoms with Gasteiger partial charge in [-0.15, -0.1) is 0 Å². The molecule has 1 aliphatic rings. The van der Waals surface area contributed by atoms with E-state index in [-0.39, 0.29) is 5.56 Å². The van der Waals surface area contributed by atoms with Crippen molar-refractivity contribution in [3.05, 3.63) is 52.8 Å². The maximum Gasteiger partial charge on any atom is 0.256 e. The molecule has 1 N–H and O–H groups in total. The first-order chi connectivity index (χ1) is 12.3. The summed E-state index contributed by atoms with van der Waals surface area (Å²) in [5.41, 5.74) is 0.780. The highest BCUT2D eigenvalue weighted by Crippen LogP contribution is 2.30.